The molecule has 1 N–H and O–H groups in total. The summed E-state index contributed by atoms with van der Waals surface area (Å²) in [5.74, 6) is -0.857. The van der Waals surface area contributed by atoms with E-state index in [4.69, 9.17) is 4.74 Å². The Morgan fingerprint density at radius 2 is 2.09 bits per heavy atom. The number of amides is 1. The van der Waals surface area contributed by atoms with Crippen molar-refractivity contribution in [2.45, 2.75) is 37.5 Å². The van der Waals surface area contributed by atoms with Gasteiger partial charge in [-0.2, -0.15) is 13.2 Å². The summed E-state index contributed by atoms with van der Waals surface area (Å²) in [5, 5.41) is 2.80. The van der Waals surface area contributed by atoms with Gasteiger partial charge in [0.2, 0.25) is 5.91 Å². The van der Waals surface area contributed by atoms with E-state index in [2.05, 4.69) is 5.32 Å². The molecule has 1 heterocycles. The predicted molar refractivity (Wildman–Crippen MR) is 74.3 cm³/mol. The van der Waals surface area contributed by atoms with Gasteiger partial charge in [0.1, 0.15) is 0 Å². The Morgan fingerprint density at radius 1 is 1.32 bits per heavy atom. The molecule has 1 saturated carbocycles. The Bertz CT molecular complexity index is 553. The van der Waals surface area contributed by atoms with Crippen molar-refractivity contribution in [3.8, 4) is 0 Å². The molecular formula is C16H18F3NO2. The van der Waals surface area contributed by atoms with Gasteiger partial charge in [-0.05, 0) is 36.8 Å². The second kappa shape index (κ2) is 5.91. The maximum absolute atomic E-state index is 13.0. The highest BCUT2D eigenvalue weighted by Crippen LogP contribution is 2.51. The van der Waals surface area contributed by atoms with Crippen LogP contribution in [0.3, 0.4) is 0 Å². The standard InChI is InChI=1S/C16H18F3NO2/c17-16(18,19)14-6-2-1-5-11(14)12-8-13(12)15(21)20-9-10-4-3-7-22-10/h1-2,5-6,10,12-13H,3-4,7-9H2,(H,20,21). The molecule has 2 aliphatic rings. The lowest BCUT2D eigenvalue weighted by atomic mass is 10.0. The van der Waals surface area contributed by atoms with E-state index in [1.807, 2.05) is 0 Å². The highest BCUT2D eigenvalue weighted by molar-refractivity contribution is 5.83. The Hall–Kier alpha value is -1.56. The van der Waals surface area contributed by atoms with Crippen molar-refractivity contribution < 1.29 is 22.7 Å². The van der Waals surface area contributed by atoms with Crippen molar-refractivity contribution in [3.63, 3.8) is 0 Å². The molecule has 3 rings (SSSR count). The zero-order chi connectivity index (χ0) is 15.7. The molecule has 3 atom stereocenters. The van der Waals surface area contributed by atoms with Crippen LogP contribution in [-0.4, -0.2) is 25.2 Å². The summed E-state index contributed by atoms with van der Waals surface area (Å²) >= 11 is 0. The van der Waals surface area contributed by atoms with E-state index in [0.29, 0.717) is 19.6 Å². The molecule has 1 aliphatic carbocycles. The van der Waals surface area contributed by atoms with E-state index in [9.17, 15) is 18.0 Å². The van der Waals surface area contributed by atoms with Crippen molar-refractivity contribution >= 4 is 5.91 Å². The third kappa shape index (κ3) is 3.27. The van der Waals surface area contributed by atoms with Crippen LogP contribution in [0.2, 0.25) is 0 Å². The van der Waals surface area contributed by atoms with Crippen LogP contribution in [0.15, 0.2) is 24.3 Å². The maximum atomic E-state index is 13.0. The number of hydrogen-bond donors (Lipinski definition) is 1. The molecule has 3 unspecified atom stereocenters. The number of carbonyl (C=O) groups is 1. The Labute approximate surface area is 126 Å². The largest absolute Gasteiger partial charge is 0.416 e. The molecule has 2 fully saturated rings. The fourth-order valence-corrected chi connectivity index (χ4v) is 3.06. The average Bonchev–Trinajstić information content (AvgIpc) is 3.11. The number of rotatable bonds is 4. The topological polar surface area (TPSA) is 38.3 Å². The molecule has 1 saturated heterocycles. The molecule has 0 bridgehead atoms. The smallest absolute Gasteiger partial charge is 0.376 e. The predicted octanol–water partition coefficient (Wildman–Crippen LogP) is 3.10. The van der Waals surface area contributed by atoms with Crippen LogP contribution in [0.1, 0.15) is 36.3 Å². The minimum Gasteiger partial charge on any atom is -0.376 e. The van der Waals surface area contributed by atoms with Crippen LogP contribution in [0, 0.1) is 5.92 Å². The quantitative estimate of drug-likeness (QED) is 0.927. The second-order valence-electron chi connectivity index (χ2n) is 5.91. The minimum atomic E-state index is -4.38. The summed E-state index contributed by atoms with van der Waals surface area (Å²) in [6, 6.07) is 5.52. The van der Waals surface area contributed by atoms with Crippen molar-refractivity contribution in [1.29, 1.82) is 0 Å². The molecule has 3 nitrogen and oxygen atoms in total. The Morgan fingerprint density at radius 3 is 2.77 bits per heavy atom. The van der Waals surface area contributed by atoms with E-state index in [1.165, 1.54) is 12.1 Å². The Balaban J connectivity index is 1.61. The number of nitrogens with one attached hydrogen (secondary N) is 1. The van der Waals surface area contributed by atoms with E-state index >= 15 is 0 Å². The van der Waals surface area contributed by atoms with Gasteiger partial charge in [-0.3, -0.25) is 4.79 Å². The van der Waals surface area contributed by atoms with Crippen LogP contribution in [-0.2, 0) is 15.7 Å². The molecule has 1 aromatic carbocycles. The molecule has 22 heavy (non-hydrogen) atoms. The third-order valence-electron chi connectivity index (χ3n) is 4.32. The van der Waals surface area contributed by atoms with Crippen LogP contribution in [0.5, 0.6) is 0 Å². The highest BCUT2D eigenvalue weighted by atomic mass is 19.4. The van der Waals surface area contributed by atoms with E-state index < -0.39 is 11.7 Å². The summed E-state index contributed by atoms with van der Waals surface area (Å²) in [7, 11) is 0. The highest BCUT2D eigenvalue weighted by Gasteiger charge is 2.47. The van der Waals surface area contributed by atoms with Gasteiger partial charge in [0.25, 0.3) is 0 Å². The fourth-order valence-electron chi connectivity index (χ4n) is 3.06. The van der Waals surface area contributed by atoms with E-state index in [0.717, 1.165) is 18.9 Å². The normalized spacial score (nSPS) is 27.7. The van der Waals surface area contributed by atoms with Gasteiger partial charge < -0.3 is 10.1 Å². The van der Waals surface area contributed by atoms with Gasteiger partial charge in [-0.15, -0.1) is 0 Å². The Kier molecular flexibility index (Phi) is 4.12. The van der Waals surface area contributed by atoms with Gasteiger partial charge >= 0.3 is 6.18 Å². The van der Waals surface area contributed by atoms with Crippen molar-refractivity contribution in [2.24, 2.45) is 5.92 Å². The average molecular weight is 313 g/mol. The molecule has 0 radical (unpaired) electrons. The lowest BCUT2D eigenvalue weighted by Crippen LogP contribution is -2.33. The molecule has 120 valence electrons. The van der Waals surface area contributed by atoms with Crippen molar-refractivity contribution in [1.82, 2.24) is 5.32 Å². The summed E-state index contributed by atoms with van der Waals surface area (Å²) in [4.78, 5) is 12.1. The van der Waals surface area contributed by atoms with Crippen LogP contribution >= 0.6 is 0 Å². The van der Waals surface area contributed by atoms with Gasteiger partial charge in [0, 0.05) is 19.1 Å². The van der Waals surface area contributed by atoms with E-state index in [-0.39, 0.29) is 29.4 Å². The minimum absolute atomic E-state index is 0.0450. The van der Waals surface area contributed by atoms with Crippen molar-refractivity contribution in [3.05, 3.63) is 35.4 Å². The number of hydrogen-bond acceptors (Lipinski definition) is 2. The first-order chi connectivity index (χ1) is 10.5. The van der Waals surface area contributed by atoms with Crippen LogP contribution in [0.25, 0.3) is 0 Å². The summed E-state index contributed by atoms with van der Waals surface area (Å²) < 4.78 is 44.4. The first-order valence-electron chi connectivity index (χ1n) is 7.52. The number of benzene rings is 1. The van der Waals surface area contributed by atoms with Gasteiger partial charge in [-0.25, -0.2) is 0 Å². The summed E-state index contributed by atoms with van der Waals surface area (Å²) in [5.41, 5.74) is -0.401. The molecule has 1 aromatic rings. The zero-order valence-corrected chi connectivity index (χ0v) is 12.0. The van der Waals surface area contributed by atoms with Crippen LogP contribution < -0.4 is 5.32 Å². The van der Waals surface area contributed by atoms with Gasteiger partial charge in [-0.1, -0.05) is 18.2 Å². The first-order valence-corrected chi connectivity index (χ1v) is 7.52. The van der Waals surface area contributed by atoms with Crippen molar-refractivity contribution in [2.75, 3.05) is 13.2 Å². The molecule has 0 spiro atoms. The second-order valence-corrected chi connectivity index (χ2v) is 5.91. The summed E-state index contributed by atoms with van der Waals surface area (Å²) in [6.45, 7) is 1.16. The number of ether oxygens (including phenoxy) is 1. The summed E-state index contributed by atoms with van der Waals surface area (Å²) in [6.07, 6.45) is -1.94. The molecule has 1 aliphatic heterocycles. The van der Waals surface area contributed by atoms with Crippen LogP contribution in [0.4, 0.5) is 13.2 Å². The number of carbonyl (C=O) groups excluding carboxylic acids is 1. The van der Waals surface area contributed by atoms with Gasteiger partial charge in [0.15, 0.2) is 0 Å². The third-order valence-corrected chi connectivity index (χ3v) is 4.32. The zero-order valence-electron chi connectivity index (χ0n) is 12.0. The molecular weight excluding hydrogens is 295 g/mol. The lowest BCUT2D eigenvalue weighted by Gasteiger charge is -2.13. The monoisotopic (exact) mass is 313 g/mol. The molecule has 0 aromatic heterocycles. The maximum Gasteiger partial charge on any atom is 0.416 e. The number of halogens is 3. The first kappa shape index (κ1) is 15.3. The lowest BCUT2D eigenvalue weighted by molar-refractivity contribution is -0.138. The fraction of sp³-hybridized carbons (Fsp3) is 0.562. The molecule has 6 heteroatoms. The number of alkyl halides is 3. The molecule has 1 amide bonds. The SMILES string of the molecule is O=C(NCC1CCCO1)C1CC1c1ccccc1C(F)(F)F. The van der Waals surface area contributed by atoms with E-state index in [1.54, 1.807) is 6.07 Å². The van der Waals surface area contributed by atoms with Gasteiger partial charge in [0.05, 0.1) is 11.7 Å².